The Morgan fingerprint density at radius 3 is 2.72 bits per heavy atom. The maximum atomic E-state index is 5.65. The lowest BCUT2D eigenvalue weighted by Gasteiger charge is -2.17. The number of thiophene rings is 1. The van der Waals surface area contributed by atoms with Crippen molar-refractivity contribution in [3.63, 3.8) is 0 Å². The second-order valence-electron chi connectivity index (χ2n) is 3.54. The molecule has 2 aromatic rings. The molecule has 0 aliphatic carbocycles. The number of ether oxygens (including phenoxy) is 2. The van der Waals surface area contributed by atoms with Crippen LogP contribution in [0.25, 0.3) is 0 Å². The first kappa shape index (κ1) is 12.8. The van der Waals surface area contributed by atoms with E-state index >= 15 is 0 Å². The van der Waals surface area contributed by atoms with Crippen molar-refractivity contribution in [2.24, 2.45) is 5.84 Å². The van der Waals surface area contributed by atoms with E-state index in [0.29, 0.717) is 5.75 Å². The molecular formula is C12H15N3O2S. The van der Waals surface area contributed by atoms with E-state index in [1.807, 2.05) is 23.6 Å². The van der Waals surface area contributed by atoms with Gasteiger partial charge in [-0.05, 0) is 23.6 Å². The van der Waals surface area contributed by atoms with Crippen molar-refractivity contribution in [3.8, 4) is 11.5 Å². The van der Waals surface area contributed by atoms with Crippen LogP contribution in [-0.4, -0.2) is 19.2 Å². The second kappa shape index (κ2) is 5.81. The lowest BCUT2D eigenvalue weighted by molar-refractivity contribution is 0.393. The minimum atomic E-state index is -0.254. The van der Waals surface area contributed by atoms with Crippen molar-refractivity contribution in [3.05, 3.63) is 40.3 Å². The molecule has 1 atom stereocenters. The first-order chi connectivity index (χ1) is 8.81. The summed E-state index contributed by atoms with van der Waals surface area (Å²) in [6.07, 6.45) is 1.71. The number of pyridine rings is 1. The highest BCUT2D eigenvalue weighted by molar-refractivity contribution is 7.10. The van der Waals surface area contributed by atoms with Crippen LogP contribution in [0.1, 0.15) is 16.6 Å². The molecule has 96 valence electrons. The van der Waals surface area contributed by atoms with Crippen molar-refractivity contribution in [2.75, 3.05) is 14.2 Å². The number of nitrogens with two attached hydrogens (primary N) is 1. The zero-order valence-electron chi connectivity index (χ0n) is 10.2. The molecule has 6 heteroatoms. The Morgan fingerprint density at radius 2 is 2.06 bits per heavy atom. The van der Waals surface area contributed by atoms with Crippen molar-refractivity contribution in [1.29, 1.82) is 0 Å². The zero-order valence-corrected chi connectivity index (χ0v) is 11.0. The van der Waals surface area contributed by atoms with Gasteiger partial charge in [-0.2, -0.15) is 0 Å². The summed E-state index contributed by atoms with van der Waals surface area (Å²) in [6.45, 7) is 0. The average molecular weight is 265 g/mol. The Balaban J connectivity index is 2.45. The number of hydrazine groups is 1. The van der Waals surface area contributed by atoms with Gasteiger partial charge in [0.15, 0.2) is 0 Å². The molecule has 0 spiro atoms. The minimum absolute atomic E-state index is 0.254. The molecule has 0 amide bonds. The first-order valence-corrected chi connectivity index (χ1v) is 6.26. The normalized spacial score (nSPS) is 12.2. The van der Waals surface area contributed by atoms with Crippen LogP contribution in [0.2, 0.25) is 0 Å². The molecule has 18 heavy (non-hydrogen) atoms. The Bertz CT molecular complexity index is 516. The molecule has 1 unspecified atom stereocenters. The van der Waals surface area contributed by atoms with Crippen LogP contribution in [0, 0.1) is 0 Å². The third kappa shape index (κ3) is 2.31. The summed E-state index contributed by atoms with van der Waals surface area (Å²) in [5.74, 6) is 7.13. The smallest absolute Gasteiger partial charge is 0.142 e. The van der Waals surface area contributed by atoms with Gasteiger partial charge < -0.3 is 9.47 Å². The highest BCUT2D eigenvalue weighted by Crippen LogP contribution is 2.36. The van der Waals surface area contributed by atoms with E-state index in [2.05, 4.69) is 10.4 Å². The van der Waals surface area contributed by atoms with Crippen LogP contribution in [0.3, 0.4) is 0 Å². The quantitative estimate of drug-likeness (QED) is 0.636. The van der Waals surface area contributed by atoms with Crippen LogP contribution < -0.4 is 20.7 Å². The summed E-state index contributed by atoms with van der Waals surface area (Å²) in [5.41, 5.74) is 3.50. The summed E-state index contributed by atoms with van der Waals surface area (Å²) >= 11 is 1.56. The Labute approximate surface area is 110 Å². The van der Waals surface area contributed by atoms with Crippen LogP contribution in [0.15, 0.2) is 29.8 Å². The number of nitrogens with zero attached hydrogens (tertiary/aromatic N) is 1. The fourth-order valence-corrected chi connectivity index (χ4v) is 2.68. The van der Waals surface area contributed by atoms with E-state index in [1.165, 1.54) is 0 Å². The molecule has 0 aliphatic heterocycles. The first-order valence-electron chi connectivity index (χ1n) is 5.38. The van der Waals surface area contributed by atoms with E-state index in [4.69, 9.17) is 15.3 Å². The maximum absolute atomic E-state index is 5.65. The van der Waals surface area contributed by atoms with E-state index < -0.39 is 0 Å². The highest BCUT2D eigenvalue weighted by atomic mass is 32.1. The minimum Gasteiger partial charge on any atom is -0.496 e. The molecule has 0 fully saturated rings. The van der Waals surface area contributed by atoms with E-state index in [9.17, 15) is 0 Å². The monoisotopic (exact) mass is 265 g/mol. The van der Waals surface area contributed by atoms with Gasteiger partial charge in [0.05, 0.1) is 19.1 Å². The predicted octanol–water partition coefficient (Wildman–Crippen LogP) is 1.71. The fraction of sp³-hybridized carbons (Fsp3) is 0.250. The molecule has 2 aromatic heterocycles. The molecule has 0 saturated heterocycles. The lowest BCUT2D eigenvalue weighted by Crippen LogP contribution is -2.29. The summed E-state index contributed by atoms with van der Waals surface area (Å²) in [4.78, 5) is 5.31. The van der Waals surface area contributed by atoms with Gasteiger partial charge in [0, 0.05) is 6.20 Å². The summed E-state index contributed by atoms with van der Waals surface area (Å²) in [5, 5.41) is 1.95. The van der Waals surface area contributed by atoms with Gasteiger partial charge in [-0.3, -0.25) is 10.8 Å². The van der Waals surface area contributed by atoms with Crippen molar-refractivity contribution < 1.29 is 9.47 Å². The van der Waals surface area contributed by atoms with Gasteiger partial charge in [0.1, 0.15) is 23.2 Å². The molecule has 0 aliphatic rings. The molecule has 2 rings (SSSR count). The topological polar surface area (TPSA) is 69.4 Å². The van der Waals surface area contributed by atoms with Crippen molar-refractivity contribution in [2.45, 2.75) is 6.04 Å². The largest absolute Gasteiger partial charge is 0.496 e. The van der Waals surface area contributed by atoms with Gasteiger partial charge in [-0.25, -0.2) is 5.43 Å². The number of aromatic nitrogens is 1. The maximum Gasteiger partial charge on any atom is 0.142 e. The zero-order chi connectivity index (χ0) is 13.0. The molecule has 2 heterocycles. The van der Waals surface area contributed by atoms with Crippen molar-refractivity contribution >= 4 is 11.3 Å². The van der Waals surface area contributed by atoms with Gasteiger partial charge in [0.25, 0.3) is 0 Å². The van der Waals surface area contributed by atoms with Crippen molar-refractivity contribution in [1.82, 2.24) is 10.4 Å². The molecular weight excluding hydrogens is 250 g/mol. The van der Waals surface area contributed by atoms with Crippen LogP contribution in [-0.2, 0) is 0 Å². The van der Waals surface area contributed by atoms with E-state index in [1.54, 1.807) is 31.8 Å². The number of hydrogen-bond donors (Lipinski definition) is 2. The lowest BCUT2D eigenvalue weighted by atomic mass is 10.1. The molecule has 0 aromatic carbocycles. The van der Waals surface area contributed by atoms with Gasteiger partial charge in [0.2, 0.25) is 0 Å². The van der Waals surface area contributed by atoms with E-state index in [-0.39, 0.29) is 6.04 Å². The summed E-state index contributed by atoms with van der Waals surface area (Å²) in [6, 6.07) is 5.32. The van der Waals surface area contributed by atoms with Crippen LogP contribution >= 0.6 is 11.3 Å². The van der Waals surface area contributed by atoms with Crippen LogP contribution in [0.5, 0.6) is 11.5 Å². The fourth-order valence-electron chi connectivity index (χ4n) is 1.76. The highest BCUT2D eigenvalue weighted by Gasteiger charge is 2.22. The number of nitrogens with one attached hydrogen (secondary N) is 1. The second-order valence-corrected chi connectivity index (χ2v) is 4.49. The van der Waals surface area contributed by atoms with Crippen LogP contribution in [0.4, 0.5) is 0 Å². The molecule has 0 bridgehead atoms. The standard InChI is InChI=1S/C12H15N3O2S/c1-16-8-4-3-6-14-10(8)11(15-13)12-9(17-2)5-7-18-12/h3-7,11,15H,13H2,1-2H3. The summed E-state index contributed by atoms with van der Waals surface area (Å²) in [7, 11) is 3.24. The Kier molecular flexibility index (Phi) is 4.14. The number of hydrogen-bond acceptors (Lipinski definition) is 6. The van der Waals surface area contributed by atoms with Gasteiger partial charge >= 0.3 is 0 Å². The Hall–Kier alpha value is -1.63. The SMILES string of the molecule is COc1cccnc1C(NN)c1sccc1OC. The predicted molar refractivity (Wildman–Crippen MR) is 70.8 cm³/mol. The number of rotatable bonds is 5. The molecule has 0 saturated carbocycles. The Morgan fingerprint density at radius 1 is 1.28 bits per heavy atom. The third-order valence-electron chi connectivity index (χ3n) is 2.60. The molecule has 0 radical (unpaired) electrons. The molecule has 5 nitrogen and oxygen atoms in total. The van der Waals surface area contributed by atoms with Gasteiger partial charge in [-0.1, -0.05) is 0 Å². The van der Waals surface area contributed by atoms with Gasteiger partial charge in [-0.15, -0.1) is 11.3 Å². The number of methoxy groups -OCH3 is 2. The summed E-state index contributed by atoms with van der Waals surface area (Å²) < 4.78 is 10.6. The average Bonchev–Trinajstić information content (AvgIpc) is 2.88. The molecule has 3 N–H and O–H groups in total. The third-order valence-corrected chi connectivity index (χ3v) is 3.56. The van der Waals surface area contributed by atoms with E-state index in [0.717, 1.165) is 16.3 Å².